The van der Waals surface area contributed by atoms with Crippen LogP contribution in [0.25, 0.3) is 0 Å². The lowest BCUT2D eigenvalue weighted by atomic mass is 10.2. The van der Waals surface area contributed by atoms with Gasteiger partial charge in [0.25, 0.3) is 0 Å². The molecule has 5 nitrogen and oxygen atoms in total. The van der Waals surface area contributed by atoms with Crippen LogP contribution in [-0.2, 0) is 0 Å². The third-order valence-corrected chi connectivity index (χ3v) is 2.36. The summed E-state index contributed by atoms with van der Waals surface area (Å²) < 4.78 is 10.2. The van der Waals surface area contributed by atoms with Gasteiger partial charge in [-0.25, -0.2) is 0 Å². The molecule has 1 rings (SSSR count). The topological polar surface area (TPSA) is 61.8 Å². The number of carbonyl (C=O) groups is 1. The van der Waals surface area contributed by atoms with Gasteiger partial charge in [-0.1, -0.05) is 0 Å². The summed E-state index contributed by atoms with van der Waals surface area (Å²) in [6, 6.07) is 4.72. The summed E-state index contributed by atoms with van der Waals surface area (Å²) >= 11 is 0. The van der Waals surface area contributed by atoms with Gasteiger partial charge in [0.2, 0.25) is 0 Å². The SMILES string of the molecule is COc1ccc(OC)c(N(C(=O)[O-])C(C)C)c1. The van der Waals surface area contributed by atoms with Crippen molar-refractivity contribution >= 4 is 11.8 Å². The van der Waals surface area contributed by atoms with Crippen molar-refractivity contribution in [2.75, 3.05) is 19.1 Å². The van der Waals surface area contributed by atoms with Gasteiger partial charge in [-0.2, -0.15) is 0 Å². The second-order valence-electron chi connectivity index (χ2n) is 3.77. The molecule has 0 aliphatic heterocycles. The van der Waals surface area contributed by atoms with Crippen LogP contribution in [0.15, 0.2) is 18.2 Å². The number of amides is 1. The maximum absolute atomic E-state index is 11.1. The first-order valence-electron chi connectivity index (χ1n) is 5.23. The molecular weight excluding hydrogens is 222 g/mol. The second-order valence-corrected chi connectivity index (χ2v) is 3.77. The standard InChI is InChI=1S/C12H17NO4/c1-8(2)13(12(14)15)10-7-9(16-3)5-6-11(10)17-4/h5-8H,1-4H3,(H,14,15)/p-1. The third-order valence-electron chi connectivity index (χ3n) is 2.36. The molecule has 17 heavy (non-hydrogen) atoms. The molecule has 0 aliphatic carbocycles. The first kappa shape index (κ1) is 13.2. The molecule has 0 spiro atoms. The van der Waals surface area contributed by atoms with Gasteiger partial charge in [-0.3, -0.25) is 0 Å². The molecule has 0 saturated carbocycles. The van der Waals surface area contributed by atoms with Crippen LogP contribution in [-0.4, -0.2) is 26.4 Å². The van der Waals surface area contributed by atoms with E-state index in [0.717, 1.165) is 4.90 Å². The fourth-order valence-corrected chi connectivity index (χ4v) is 1.57. The number of nitrogens with zero attached hydrogens (tertiary/aromatic N) is 1. The smallest absolute Gasteiger partial charge is 0.142 e. The molecule has 5 heteroatoms. The summed E-state index contributed by atoms with van der Waals surface area (Å²) in [7, 11) is 3.00. The van der Waals surface area contributed by atoms with Crippen molar-refractivity contribution in [3.8, 4) is 11.5 Å². The van der Waals surface area contributed by atoms with Crippen molar-refractivity contribution in [1.29, 1.82) is 0 Å². The monoisotopic (exact) mass is 238 g/mol. The average Bonchev–Trinajstić information content (AvgIpc) is 2.28. The van der Waals surface area contributed by atoms with E-state index in [1.165, 1.54) is 14.2 Å². The maximum atomic E-state index is 11.1. The number of ether oxygens (including phenoxy) is 2. The van der Waals surface area contributed by atoms with E-state index >= 15 is 0 Å². The van der Waals surface area contributed by atoms with Gasteiger partial charge in [-0.05, 0) is 26.0 Å². The zero-order valence-corrected chi connectivity index (χ0v) is 10.4. The minimum absolute atomic E-state index is 0.249. The molecule has 0 unspecified atom stereocenters. The summed E-state index contributed by atoms with van der Waals surface area (Å²) in [6.07, 6.45) is -1.27. The molecule has 1 aromatic rings. The molecule has 0 aromatic heterocycles. The highest BCUT2D eigenvalue weighted by Crippen LogP contribution is 2.33. The van der Waals surface area contributed by atoms with Crippen molar-refractivity contribution in [2.45, 2.75) is 19.9 Å². The van der Waals surface area contributed by atoms with Gasteiger partial charge < -0.3 is 24.3 Å². The zero-order valence-electron chi connectivity index (χ0n) is 10.4. The van der Waals surface area contributed by atoms with E-state index in [9.17, 15) is 9.90 Å². The van der Waals surface area contributed by atoms with Crippen LogP contribution < -0.4 is 19.5 Å². The number of carboxylic acid groups (broad SMARTS) is 1. The Kier molecular flexibility index (Phi) is 4.20. The predicted octanol–water partition coefficient (Wildman–Crippen LogP) is 1.26. The highest BCUT2D eigenvalue weighted by Gasteiger charge is 2.17. The van der Waals surface area contributed by atoms with E-state index in [0.29, 0.717) is 17.2 Å². The van der Waals surface area contributed by atoms with Crippen molar-refractivity contribution < 1.29 is 19.4 Å². The Morgan fingerprint density at radius 3 is 2.35 bits per heavy atom. The molecule has 1 amide bonds. The minimum atomic E-state index is -1.27. The van der Waals surface area contributed by atoms with Gasteiger partial charge in [0.15, 0.2) is 0 Å². The first-order valence-corrected chi connectivity index (χ1v) is 5.23. The molecule has 1 aromatic carbocycles. The quantitative estimate of drug-likeness (QED) is 0.792. The Labute approximate surface area is 101 Å². The Bertz CT molecular complexity index is 403. The second kappa shape index (κ2) is 5.43. The van der Waals surface area contributed by atoms with Crippen molar-refractivity contribution in [2.24, 2.45) is 0 Å². The van der Waals surface area contributed by atoms with E-state index in [4.69, 9.17) is 9.47 Å². The predicted molar refractivity (Wildman–Crippen MR) is 62.6 cm³/mol. The van der Waals surface area contributed by atoms with E-state index in [-0.39, 0.29) is 6.04 Å². The van der Waals surface area contributed by atoms with Crippen LogP contribution in [0.1, 0.15) is 13.8 Å². The van der Waals surface area contributed by atoms with Crippen LogP contribution >= 0.6 is 0 Å². The number of hydrogen-bond acceptors (Lipinski definition) is 4. The lowest BCUT2D eigenvalue weighted by Gasteiger charge is -2.30. The number of benzene rings is 1. The fraction of sp³-hybridized carbons (Fsp3) is 0.417. The lowest BCUT2D eigenvalue weighted by Crippen LogP contribution is -2.45. The molecule has 0 fully saturated rings. The molecule has 0 N–H and O–H groups in total. The Morgan fingerprint density at radius 2 is 1.94 bits per heavy atom. The van der Waals surface area contributed by atoms with Crippen molar-refractivity contribution in [3.63, 3.8) is 0 Å². The van der Waals surface area contributed by atoms with Crippen LogP contribution in [0, 0.1) is 0 Å². The molecular formula is C12H16NO4-. The van der Waals surface area contributed by atoms with Gasteiger partial charge in [0, 0.05) is 12.1 Å². The number of rotatable bonds is 4. The van der Waals surface area contributed by atoms with Crippen LogP contribution in [0.3, 0.4) is 0 Å². The Morgan fingerprint density at radius 1 is 1.29 bits per heavy atom. The van der Waals surface area contributed by atoms with Gasteiger partial charge in [0.1, 0.15) is 17.6 Å². The summed E-state index contributed by atoms with van der Waals surface area (Å²) in [4.78, 5) is 12.3. The summed E-state index contributed by atoms with van der Waals surface area (Å²) in [5.74, 6) is 1.02. The van der Waals surface area contributed by atoms with Crippen LogP contribution in [0.2, 0.25) is 0 Å². The summed E-state index contributed by atoms with van der Waals surface area (Å²) in [5.41, 5.74) is 0.418. The van der Waals surface area contributed by atoms with Crippen molar-refractivity contribution in [3.05, 3.63) is 18.2 Å². The molecule has 0 radical (unpaired) electrons. The van der Waals surface area contributed by atoms with Gasteiger partial charge >= 0.3 is 0 Å². The molecule has 0 atom stereocenters. The Hall–Kier alpha value is -1.91. The van der Waals surface area contributed by atoms with E-state index < -0.39 is 6.09 Å². The van der Waals surface area contributed by atoms with E-state index in [1.54, 1.807) is 32.0 Å². The normalized spacial score (nSPS) is 10.2. The summed E-state index contributed by atoms with van der Waals surface area (Å²) in [5, 5.41) is 11.1. The Balaban J connectivity index is 3.28. The number of methoxy groups -OCH3 is 2. The molecule has 0 heterocycles. The summed E-state index contributed by atoms with van der Waals surface area (Å²) in [6.45, 7) is 3.52. The molecule has 0 saturated heterocycles. The molecule has 94 valence electrons. The zero-order chi connectivity index (χ0) is 13.0. The number of hydrogen-bond donors (Lipinski definition) is 0. The molecule has 0 aliphatic rings. The molecule has 0 bridgehead atoms. The van der Waals surface area contributed by atoms with Crippen LogP contribution in [0.5, 0.6) is 11.5 Å². The van der Waals surface area contributed by atoms with E-state index in [2.05, 4.69) is 0 Å². The highest BCUT2D eigenvalue weighted by molar-refractivity contribution is 5.87. The maximum Gasteiger partial charge on any atom is 0.142 e. The van der Waals surface area contributed by atoms with E-state index in [1.807, 2.05) is 0 Å². The highest BCUT2D eigenvalue weighted by atomic mass is 16.5. The average molecular weight is 238 g/mol. The lowest BCUT2D eigenvalue weighted by molar-refractivity contribution is -0.247. The van der Waals surface area contributed by atoms with Crippen LogP contribution in [0.4, 0.5) is 10.5 Å². The number of carbonyl (C=O) groups excluding carboxylic acids is 1. The first-order chi connectivity index (χ1) is 8.01. The number of anilines is 1. The van der Waals surface area contributed by atoms with Gasteiger partial charge in [0.05, 0.1) is 19.9 Å². The third kappa shape index (κ3) is 2.81. The van der Waals surface area contributed by atoms with Crippen molar-refractivity contribution in [1.82, 2.24) is 0 Å². The largest absolute Gasteiger partial charge is 0.530 e. The fourth-order valence-electron chi connectivity index (χ4n) is 1.57. The minimum Gasteiger partial charge on any atom is -0.530 e. The van der Waals surface area contributed by atoms with Gasteiger partial charge in [-0.15, -0.1) is 0 Å².